The predicted octanol–water partition coefficient (Wildman–Crippen LogP) is 0.997. The van der Waals surface area contributed by atoms with E-state index in [9.17, 15) is 34.8 Å². The number of phenols is 1. The first-order valence-electron chi connectivity index (χ1n) is 10.6. The highest BCUT2D eigenvalue weighted by atomic mass is 16.3. The zero-order chi connectivity index (χ0) is 24.4. The lowest BCUT2D eigenvalue weighted by molar-refractivity contribution is -0.153. The molecule has 33 heavy (non-hydrogen) atoms. The number of carbonyl (C=O) groups excluding carboxylic acids is 3. The molecule has 0 spiro atoms. The van der Waals surface area contributed by atoms with E-state index in [-0.39, 0.29) is 29.7 Å². The number of fused-ring (bicyclic) bond motifs is 3. The van der Waals surface area contributed by atoms with Crippen molar-refractivity contribution in [1.29, 1.82) is 0 Å². The second-order valence-electron chi connectivity index (χ2n) is 8.99. The Morgan fingerprint density at radius 3 is 2.45 bits per heavy atom. The molecule has 0 heterocycles. The van der Waals surface area contributed by atoms with Gasteiger partial charge in [0.25, 0.3) is 5.91 Å². The van der Waals surface area contributed by atoms with E-state index < -0.39 is 58.0 Å². The van der Waals surface area contributed by atoms with Crippen molar-refractivity contribution in [2.45, 2.75) is 31.4 Å². The van der Waals surface area contributed by atoms with Crippen molar-refractivity contribution in [3.8, 4) is 5.75 Å². The Balaban J connectivity index is 1.99. The normalized spacial score (nSPS) is 29.4. The number of ketones is 2. The van der Waals surface area contributed by atoms with Crippen LogP contribution in [0.15, 0.2) is 35.1 Å². The Morgan fingerprint density at radius 2 is 1.88 bits per heavy atom. The topological polar surface area (TPSA) is 161 Å². The number of hydrogen-bond donors (Lipinski definition) is 5. The number of phenolic OH excluding ortho intramolecular Hbond substituents is 1. The third-order valence-electron chi connectivity index (χ3n) is 6.99. The third-order valence-corrected chi connectivity index (χ3v) is 6.99. The lowest BCUT2D eigenvalue weighted by atomic mass is 9.57. The molecule has 1 fully saturated rings. The number of Topliss-reactive ketones (excluding diaryl/α,β-unsaturated/α-hetero) is 2. The van der Waals surface area contributed by atoms with Crippen LogP contribution in [0.2, 0.25) is 0 Å². The summed E-state index contributed by atoms with van der Waals surface area (Å²) >= 11 is 0. The summed E-state index contributed by atoms with van der Waals surface area (Å²) in [7, 11) is 3.13. The monoisotopic (exact) mass is 454 g/mol. The lowest BCUT2D eigenvalue weighted by Crippen LogP contribution is -2.65. The van der Waals surface area contributed by atoms with Crippen molar-refractivity contribution in [1.82, 2.24) is 4.90 Å². The van der Waals surface area contributed by atoms with Crippen LogP contribution in [0.3, 0.4) is 0 Å². The summed E-state index contributed by atoms with van der Waals surface area (Å²) in [5.41, 5.74) is 3.18. The van der Waals surface area contributed by atoms with Crippen molar-refractivity contribution >= 4 is 29.3 Å². The summed E-state index contributed by atoms with van der Waals surface area (Å²) < 4.78 is 0. The maximum absolute atomic E-state index is 13.7. The van der Waals surface area contributed by atoms with Gasteiger partial charge in [0.2, 0.25) is 5.78 Å². The molecule has 1 aromatic rings. The predicted molar refractivity (Wildman–Crippen MR) is 119 cm³/mol. The number of benzene rings is 1. The Kier molecular flexibility index (Phi) is 5.22. The summed E-state index contributed by atoms with van der Waals surface area (Å²) in [6.07, 6.45) is 3.96. The molecule has 0 saturated heterocycles. The first-order chi connectivity index (χ1) is 15.5. The second-order valence-corrected chi connectivity index (χ2v) is 8.99. The summed E-state index contributed by atoms with van der Waals surface area (Å²) in [5.74, 6) is -6.53. The van der Waals surface area contributed by atoms with Gasteiger partial charge in [-0.1, -0.05) is 18.2 Å². The van der Waals surface area contributed by atoms with Crippen LogP contribution in [-0.2, 0) is 20.8 Å². The van der Waals surface area contributed by atoms with Gasteiger partial charge in [0, 0.05) is 11.5 Å². The van der Waals surface area contributed by atoms with Crippen LogP contribution in [0.5, 0.6) is 5.75 Å². The highest BCUT2D eigenvalue weighted by Crippen LogP contribution is 2.52. The van der Waals surface area contributed by atoms with E-state index in [1.54, 1.807) is 20.2 Å². The van der Waals surface area contributed by atoms with E-state index in [1.165, 1.54) is 11.0 Å². The smallest absolute Gasteiger partial charge is 0.255 e. The van der Waals surface area contributed by atoms with Gasteiger partial charge in [0.1, 0.15) is 22.8 Å². The van der Waals surface area contributed by atoms with Gasteiger partial charge in [-0.15, -0.1) is 0 Å². The van der Waals surface area contributed by atoms with Crippen molar-refractivity contribution in [2.24, 2.45) is 17.6 Å². The van der Waals surface area contributed by atoms with Gasteiger partial charge in [0.15, 0.2) is 11.4 Å². The van der Waals surface area contributed by atoms with Crippen molar-refractivity contribution in [2.75, 3.05) is 14.1 Å². The van der Waals surface area contributed by atoms with Gasteiger partial charge in [-0.2, -0.15) is 0 Å². The van der Waals surface area contributed by atoms with Crippen molar-refractivity contribution in [3.05, 3.63) is 51.8 Å². The van der Waals surface area contributed by atoms with Gasteiger partial charge >= 0.3 is 0 Å². The maximum atomic E-state index is 13.7. The van der Waals surface area contributed by atoms with Gasteiger partial charge in [-0.05, 0) is 57.0 Å². The standard InChI is InChI=1S/C24H26N2O7/c1-4-5-10-6-7-14(27)16-12(10)8-11-9-13-18(26(2)3)20(29)17(23(25)32)22(31)24(13,33)21(30)15(11)19(16)28/h4-7,11,13,18,27-28,31,33H,8-9H2,1-3H3,(H2,25,32)/b5-4-/t11?,13?,18?,24-/m0/s1. The number of primary amides is 1. The van der Waals surface area contributed by atoms with E-state index in [0.29, 0.717) is 5.56 Å². The fourth-order valence-corrected chi connectivity index (χ4v) is 5.60. The molecule has 9 heteroatoms. The molecular weight excluding hydrogens is 428 g/mol. The number of amides is 1. The first kappa shape index (κ1) is 22.8. The molecule has 3 aliphatic carbocycles. The zero-order valence-corrected chi connectivity index (χ0v) is 18.5. The minimum atomic E-state index is -2.62. The van der Waals surface area contributed by atoms with Crippen molar-refractivity contribution < 1.29 is 34.8 Å². The number of likely N-dealkylation sites (N-methyl/N-ethyl adjacent to an activating group) is 1. The third kappa shape index (κ3) is 2.96. The molecule has 0 bridgehead atoms. The molecular formula is C24H26N2O7. The Bertz CT molecular complexity index is 1190. The largest absolute Gasteiger partial charge is 0.508 e. The molecule has 0 radical (unpaired) electrons. The highest BCUT2D eigenvalue weighted by Gasteiger charge is 2.64. The second kappa shape index (κ2) is 7.57. The van der Waals surface area contributed by atoms with Crippen LogP contribution in [0.1, 0.15) is 30.0 Å². The van der Waals surface area contributed by atoms with Crippen LogP contribution < -0.4 is 5.73 Å². The van der Waals surface area contributed by atoms with E-state index in [0.717, 1.165) is 5.56 Å². The lowest BCUT2D eigenvalue weighted by Gasteiger charge is -2.50. The summed E-state index contributed by atoms with van der Waals surface area (Å²) in [6, 6.07) is 2.01. The quantitative estimate of drug-likeness (QED) is 0.423. The van der Waals surface area contributed by atoms with Crippen LogP contribution in [0, 0.1) is 11.8 Å². The number of allylic oxidation sites excluding steroid dienone is 1. The fraction of sp³-hybridized carbons (Fsp3) is 0.375. The summed E-state index contributed by atoms with van der Waals surface area (Å²) in [5, 5.41) is 43.9. The molecule has 0 aliphatic heterocycles. The van der Waals surface area contributed by atoms with Crippen LogP contribution in [0.4, 0.5) is 0 Å². The Labute approximate surface area is 190 Å². The van der Waals surface area contributed by atoms with Gasteiger partial charge in [0.05, 0.1) is 11.6 Å². The molecule has 1 saturated carbocycles. The minimum absolute atomic E-state index is 0.0662. The molecule has 3 unspecified atom stereocenters. The minimum Gasteiger partial charge on any atom is -0.508 e. The van der Waals surface area contributed by atoms with Crippen LogP contribution in [-0.4, -0.2) is 68.5 Å². The van der Waals surface area contributed by atoms with E-state index in [2.05, 4.69) is 0 Å². The fourth-order valence-electron chi connectivity index (χ4n) is 5.60. The summed E-state index contributed by atoms with van der Waals surface area (Å²) in [6.45, 7) is 1.83. The van der Waals surface area contributed by atoms with E-state index in [4.69, 9.17) is 5.73 Å². The Hall–Kier alpha value is -3.43. The number of aliphatic hydroxyl groups is 3. The molecule has 174 valence electrons. The molecule has 6 N–H and O–H groups in total. The molecule has 3 aliphatic rings. The van der Waals surface area contributed by atoms with Gasteiger partial charge in [-0.25, -0.2) is 0 Å². The average Bonchev–Trinajstić information content (AvgIpc) is 2.72. The Morgan fingerprint density at radius 1 is 1.21 bits per heavy atom. The van der Waals surface area contributed by atoms with E-state index >= 15 is 0 Å². The first-order valence-corrected chi connectivity index (χ1v) is 10.6. The molecule has 0 aromatic heterocycles. The highest BCUT2D eigenvalue weighted by molar-refractivity contribution is 6.24. The number of hydrogen-bond acceptors (Lipinski definition) is 8. The number of nitrogens with two attached hydrogens (primary N) is 1. The van der Waals surface area contributed by atoms with Gasteiger partial charge < -0.3 is 26.2 Å². The molecule has 9 nitrogen and oxygen atoms in total. The van der Waals surface area contributed by atoms with E-state index in [1.807, 2.05) is 19.1 Å². The number of aliphatic hydroxyl groups excluding tert-OH is 2. The van der Waals surface area contributed by atoms with Crippen LogP contribution >= 0.6 is 0 Å². The average molecular weight is 454 g/mol. The number of aromatic hydroxyl groups is 1. The maximum Gasteiger partial charge on any atom is 0.255 e. The van der Waals surface area contributed by atoms with Crippen molar-refractivity contribution in [3.63, 3.8) is 0 Å². The summed E-state index contributed by atoms with van der Waals surface area (Å²) in [4.78, 5) is 40.2. The molecule has 4 rings (SSSR count). The molecule has 4 atom stereocenters. The van der Waals surface area contributed by atoms with Gasteiger partial charge in [-0.3, -0.25) is 19.3 Å². The number of nitrogens with zero attached hydrogens (tertiary/aromatic N) is 1. The molecule has 1 aromatic carbocycles. The van der Waals surface area contributed by atoms with Crippen LogP contribution in [0.25, 0.3) is 11.8 Å². The SMILES string of the molecule is C/C=C\c1ccc(O)c2c1CC1CC3C(N(C)C)C(=O)C(C(N)=O)=C(O)[C@@]3(O)C(=O)C1=C2O. The molecule has 1 amide bonds. The zero-order valence-electron chi connectivity index (χ0n) is 18.5. The number of rotatable bonds is 3. The number of carbonyl (C=O) groups is 3.